The Morgan fingerprint density at radius 3 is 2.34 bits per heavy atom. The van der Waals surface area contributed by atoms with E-state index in [1.807, 2.05) is 19.1 Å². The van der Waals surface area contributed by atoms with Gasteiger partial charge in [0.1, 0.15) is 5.03 Å². The summed E-state index contributed by atoms with van der Waals surface area (Å²) in [7, 11) is 0. The van der Waals surface area contributed by atoms with Crippen molar-refractivity contribution in [1.29, 1.82) is 0 Å². The fourth-order valence-electron chi connectivity index (χ4n) is 2.48. The van der Waals surface area contributed by atoms with E-state index in [-0.39, 0.29) is 28.2 Å². The van der Waals surface area contributed by atoms with Crippen molar-refractivity contribution in [2.45, 2.75) is 18.1 Å². The third-order valence-electron chi connectivity index (χ3n) is 4.11. The van der Waals surface area contributed by atoms with E-state index in [0.29, 0.717) is 10.6 Å². The van der Waals surface area contributed by atoms with Crippen molar-refractivity contribution in [2.24, 2.45) is 0 Å². The number of rotatable bonds is 6. The monoisotopic (exact) mass is 480 g/mol. The summed E-state index contributed by atoms with van der Waals surface area (Å²) >= 11 is 6.90. The SMILES string of the molecule is Cc1ccc(C(=O)Nc2ccc(SCC(=O)Nc3cc(C(F)(F)F)ccc3Cl)nn2)cc1. The minimum atomic E-state index is -4.55. The molecule has 0 radical (unpaired) electrons. The van der Waals surface area contributed by atoms with Crippen LogP contribution in [0.25, 0.3) is 0 Å². The first-order valence-electron chi connectivity index (χ1n) is 9.13. The summed E-state index contributed by atoms with van der Waals surface area (Å²) in [5, 5.41) is 13.2. The van der Waals surface area contributed by atoms with Gasteiger partial charge < -0.3 is 10.6 Å². The molecule has 0 fully saturated rings. The average Bonchev–Trinajstić information content (AvgIpc) is 2.74. The maximum atomic E-state index is 12.8. The fourth-order valence-corrected chi connectivity index (χ4v) is 3.26. The van der Waals surface area contributed by atoms with Crippen LogP contribution in [0.1, 0.15) is 21.5 Å². The zero-order chi connectivity index (χ0) is 23.3. The van der Waals surface area contributed by atoms with Crippen molar-refractivity contribution in [3.63, 3.8) is 0 Å². The normalized spacial score (nSPS) is 11.2. The third kappa shape index (κ3) is 6.44. The zero-order valence-electron chi connectivity index (χ0n) is 16.5. The van der Waals surface area contributed by atoms with Crippen molar-refractivity contribution in [3.05, 3.63) is 76.3 Å². The van der Waals surface area contributed by atoms with Crippen LogP contribution in [0.2, 0.25) is 5.02 Å². The number of nitrogens with zero attached hydrogens (tertiary/aromatic N) is 2. The molecule has 0 aliphatic rings. The Bertz CT molecular complexity index is 1120. The molecule has 166 valence electrons. The lowest BCUT2D eigenvalue weighted by atomic mass is 10.1. The molecule has 32 heavy (non-hydrogen) atoms. The molecule has 0 saturated carbocycles. The number of halogens is 4. The van der Waals surface area contributed by atoms with Gasteiger partial charge in [0.2, 0.25) is 5.91 Å². The van der Waals surface area contributed by atoms with Crippen molar-refractivity contribution in [3.8, 4) is 0 Å². The number of hydrogen-bond donors (Lipinski definition) is 2. The van der Waals surface area contributed by atoms with Gasteiger partial charge in [-0.25, -0.2) is 0 Å². The van der Waals surface area contributed by atoms with Crippen LogP contribution >= 0.6 is 23.4 Å². The van der Waals surface area contributed by atoms with Gasteiger partial charge in [-0.15, -0.1) is 10.2 Å². The van der Waals surface area contributed by atoms with Gasteiger partial charge in [-0.3, -0.25) is 9.59 Å². The summed E-state index contributed by atoms with van der Waals surface area (Å²) in [5.74, 6) is -0.789. The molecule has 6 nitrogen and oxygen atoms in total. The molecule has 2 aromatic carbocycles. The van der Waals surface area contributed by atoms with E-state index < -0.39 is 17.6 Å². The minimum absolute atomic E-state index is 0.00943. The number of alkyl halides is 3. The molecule has 0 spiro atoms. The molecule has 0 unspecified atom stereocenters. The predicted octanol–water partition coefficient (Wildman–Crippen LogP) is 5.44. The number of benzene rings is 2. The molecule has 3 aromatic rings. The Labute approximate surface area is 190 Å². The van der Waals surface area contributed by atoms with Gasteiger partial charge in [0.15, 0.2) is 5.82 Å². The highest BCUT2D eigenvalue weighted by Gasteiger charge is 2.31. The van der Waals surface area contributed by atoms with Crippen LogP contribution in [0, 0.1) is 6.92 Å². The van der Waals surface area contributed by atoms with E-state index in [1.54, 1.807) is 18.2 Å². The number of carbonyl (C=O) groups is 2. The molecule has 2 amide bonds. The molecule has 1 aromatic heterocycles. The first-order valence-corrected chi connectivity index (χ1v) is 10.5. The lowest BCUT2D eigenvalue weighted by Gasteiger charge is -2.11. The van der Waals surface area contributed by atoms with Crippen LogP contribution in [0.3, 0.4) is 0 Å². The molecule has 0 aliphatic heterocycles. The number of hydrogen-bond acceptors (Lipinski definition) is 5. The third-order valence-corrected chi connectivity index (χ3v) is 5.36. The Hall–Kier alpha value is -3.11. The molecule has 0 bridgehead atoms. The highest BCUT2D eigenvalue weighted by molar-refractivity contribution is 7.99. The standard InChI is InChI=1S/C21H16ClF3N4O2S/c1-12-2-4-13(5-3-12)20(31)27-17-8-9-19(29-28-17)32-11-18(30)26-16-10-14(21(23,24)25)6-7-15(16)22/h2-10H,11H2,1H3,(H,26,30)(H,27,28,31). The second-order valence-electron chi connectivity index (χ2n) is 6.61. The number of anilines is 2. The van der Waals surface area contributed by atoms with Gasteiger partial charge in [-0.05, 0) is 49.4 Å². The Morgan fingerprint density at radius 1 is 1.00 bits per heavy atom. The predicted molar refractivity (Wildman–Crippen MR) is 117 cm³/mol. The minimum Gasteiger partial charge on any atom is -0.324 e. The highest BCUT2D eigenvalue weighted by atomic mass is 35.5. The van der Waals surface area contributed by atoms with Gasteiger partial charge in [0, 0.05) is 5.56 Å². The van der Waals surface area contributed by atoms with Crippen molar-refractivity contribution < 1.29 is 22.8 Å². The second-order valence-corrected chi connectivity index (χ2v) is 8.01. The summed E-state index contributed by atoms with van der Waals surface area (Å²) in [5.41, 5.74) is 0.453. The summed E-state index contributed by atoms with van der Waals surface area (Å²) < 4.78 is 38.5. The summed E-state index contributed by atoms with van der Waals surface area (Å²) in [6.07, 6.45) is -4.55. The largest absolute Gasteiger partial charge is 0.416 e. The van der Waals surface area contributed by atoms with E-state index in [4.69, 9.17) is 11.6 Å². The Kier molecular flexibility index (Phi) is 7.37. The van der Waals surface area contributed by atoms with Crippen LogP contribution in [-0.4, -0.2) is 27.8 Å². The van der Waals surface area contributed by atoms with Crippen molar-refractivity contribution in [1.82, 2.24) is 10.2 Å². The molecular weight excluding hydrogens is 465 g/mol. The molecule has 11 heteroatoms. The maximum Gasteiger partial charge on any atom is 0.416 e. The number of amides is 2. The molecule has 0 saturated heterocycles. The summed E-state index contributed by atoms with van der Waals surface area (Å²) in [6.45, 7) is 1.91. The first-order chi connectivity index (χ1) is 15.1. The van der Waals surface area contributed by atoms with Gasteiger partial charge in [-0.2, -0.15) is 13.2 Å². The molecule has 1 heterocycles. The van der Waals surface area contributed by atoms with Crippen LogP contribution in [-0.2, 0) is 11.0 Å². The molecule has 3 rings (SSSR count). The summed E-state index contributed by atoms with van der Waals surface area (Å²) in [6, 6.07) is 12.8. The fraction of sp³-hybridized carbons (Fsp3) is 0.143. The second kappa shape index (κ2) is 10.0. The van der Waals surface area contributed by atoms with Crippen LogP contribution in [0.4, 0.5) is 24.7 Å². The molecule has 0 aliphatic carbocycles. The molecule has 2 N–H and O–H groups in total. The van der Waals surface area contributed by atoms with Crippen LogP contribution in [0.15, 0.2) is 59.6 Å². The van der Waals surface area contributed by atoms with E-state index >= 15 is 0 Å². The van der Waals surface area contributed by atoms with Gasteiger partial charge in [0.05, 0.1) is 22.0 Å². The Balaban J connectivity index is 1.54. The van der Waals surface area contributed by atoms with E-state index in [1.165, 1.54) is 6.07 Å². The van der Waals surface area contributed by atoms with Crippen LogP contribution < -0.4 is 10.6 Å². The molecule has 0 atom stereocenters. The number of carbonyl (C=O) groups excluding carboxylic acids is 2. The summed E-state index contributed by atoms with van der Waals surface area (Å²) in [4.78, 5) is 24.3. The van der Waals surface area contributed by atoms with Crippen molar-refractivity contribution in [2.75, 3.05) is 16.4 Å². The number of thioether (sulfide) groups is 1. The van der Waals surface area contributed by atoms with Gasteiger partial charge in [-0.1, -0.05) is 41.1 Å². The first kappa shape index (κ1) is 23.6. The molecular formula is C21H16ClF3N4O2S. The quantitative estimate of drug-likeness (QED) is 0.459. The maximum absolute atomic E-state index is 12.8. The van der Waals surface area contributed by atoms with Crippen LogP contribution in [0.5, 0.6) is 0 Å². The Morgan fingerprint density at radius 2 is 1.72 bits per heavy atom. The smallest absolute Gasteiger partial charge is 0.324 e. The number of aryl methyl sites for hydroxylation is 1. The van der Waals surface area contributed by atoms with Crippen molar-refractivity contribution >= 4 is 46.7 Å². The topological polar surface area (TPSA) is 84.0 Å². The lowest BCUT2D eigenvalue weighted by Crippen LogP contribution is -2.16. The number of nitrogens with one attached hydrogen (secondary N) is 2. The lowest BCUT2D eigenvalue weighted by molar-refractivity contribution is -0.137. The van der Waals surface area contributed by atoms with Gasteiger partial charge in [0.25, 0.3) is 5.91 Å². The average molecular weight is 481 g/mol. The van der Waals surface area contributed by atoms with Gasteiger partial charge >= 0.3 is 6.18 Å². The highest BCUT2D eigenvalue weighted by Crippen LogP contribution is 2.34. The van der Waals surface area contributed by atoms with E-state index in [2.05, 4.69) is 20.8 Å². The zero-order valence-corrected chi connectivity index (χ0v) is 18.1. The van der Waals surface area contributed by atoms with E-state index in [9.17, 15) is 22.8 Å². The van der Waals surface area contributed by atoms with E-state index in [0.717, 1.165) is 35.5 Å². The number of aromatic nitrogens is 2.